The van der Waals surface area contributed by atoms with Gasteiger partial charge in [-0.3, -0.25) is 0 Å². The summed E-state index contributed by atoms with van der Waals surface area (Å²) in [5, 5.41) is 3.80. The largest absolute Gasteiger partial charge is 0.314 e. The van der Waals surface area contributed by atoms with Crippen LogP contribution in [0, 0.1) is 11.8 Å². The summed E-state index contributed by atoms with van der Waals surface area (Å²) >= 11 is 0. The summed E-state index contributed by atoms with van der Waals surface area (Å²) in [5.74, 6) is 2.11. The fraction of sp³-hybridized carbons (Fsp3) is 0.667. The van der Waals surface area contributed by atoms with Crippen molar-refractivity contribution in [2.45, 2.75) is 57.4 Å². The Hall–Kier alpha value is -0.820. The lowest BCUT2D eigenvalue weighted by molar-refractivity contribution is 0.144. The lowest BCUT2D eigenvalue weighted by atomic mass is 9.69. The smallest absolute Gasteiger partial charge is 0.00700 e. The van der Waals surface area contributed by atoms with Crippen LogP contribution in [-0.4, -0.2) is 12.6 Å². The predicted molar refractivity (Wildman–Crippen MR) is 81.2 cm³/mol. The molecule has 2 saturated carbocycles. The van der Waals surface area contributed by atoms with E-state index in [0.717, 1.165) is 24.4 Å². The number of hydrogen-bond donors (Lipinski definition) is 1. The van der Waals surface area contributed by atoms with Crippen molar-refractivity contribution in [3.63, 3.8) is 0 Å². The molecule has 0 aromatic heterocycles. The number of hydrogen-bond acceptors (Lipinski definition) is 1. The van der Waals surface area contributed by atoms with Crippen LogP contribution in [-0.2, 0) is 6.42 Å². The van der Waals surface area contributed by atoms with Gasteiger partial charge in [0.2, 0.25) is 0 Å². The molecule has 2 fully saturated rings. The summed E-state index contributed by atoms with van der Waals surface area (Å²) in [5.41, 5.74) is 1.46. The SMILES string of the molecule is c1ccc(CCNC2CCC3CCCCC3C2)cc1. The van der Waals surface area contributed by atoms with E-state index in [0.29, 0.717) is 0 Å². The fourth-order valence-corrected chi connectivity index (χ4v) is 4.12. The Labute approximate surface area is 117 Å². The average molecular weight is 257 g/mol. The summed E-state index contributed by atoms with van der Waals surface area (Å²) in [6, 6.07) is 11.6. The Balaban J connectivity index is 1.41. The molecule has 104 valence electrons. The van der Waals surface area contributed by atoms with Crippen LogP contribution in [0.5, 0.6) is 0 Å². The Morgan fingerprint density at radius 1 is 0.895 bits per heavy atom. The summed E-state index contributed by atoms with van der Waals surface area (Å²) in [6.07, 6.45) is 11.5. The van der Waals surface area contributed by atoms with Crippen molar-refractivity contribution in [2.75, 3.05) is 6.54 Å². The molecule has 19 heavy (non-hydrogen) atoms. The highest BCUT2D eigenvalue weighted by Crippen LogP contribution is 2.40. The van der Waals surface area contributed by atoms with Gasteiger partial charge in [0, 0.05) is 6.04 Å². The molecule has 3 rings (SSSR count). The first-order valence-electron chi connectivity index (χ1n) is 8.19. The first-order chi connectivity index (χ1) is 9.42. The molecule has 0 radical (unpaired) electrons. The van der Waals surface area contributed by atoms with Crippen LogP contribution in [0.1, 0.15) is 50.5 Å². The number of rotatable bonds is 4. The molecule has 0 spiro atoms. The van der Waals surface area contributed by atoms with E-state index in [4.69, 9.17) is 0 Å². The molecule has 0 heterocycles. The van der Waals surface area contributed by atoms with Crippen LogP contribution in [0.2, 0.25) is 0 Å². The van der Waals surface area contributed by atoms with Crippen molar-refractivity contribution in [1.82, 2.24) is 5.32 Å². The molecule has 1 nitrogen and oxygen atoms in total. The van der Waals surface area contributed by atoms with Gasteiger partial charge < -0.3 is 5.32 Å². The maximum atomic E-state index is 3.80. The van der Waals surface area contributed by atoms with E-state index in [1.165, 1.54) is 56.9 Å². The van der Waals surface area contributed by atoms with Crippen LogP contribution in [0.25, 0.3) is 0 Å². The average Bonchev–Trinajstić information content (AvgIpc) is 2.48. The molecule has 1 aromatic rings. The first kappa shape index (κ1) is 13.2. The Bertz CT molecular complexity index is 373. The van der Waals surface area contributed by atoms with Crippen molar-refractivity contribution < 1.29 is 0 Å². The van der Waals surface area contributed by atoms with Gasteiger partial charge in [0.05, 0.1) is 0 Å². The summed E-state index contributed by atoms with van der Waals surface area (Å²) < 4.78 is 0. The Morgan fingerprint density at radius 3 is 2.53 bits per heavy atom. The van der Waals surface area contributed by atoms with Gasteiger partial charge in [0.15, 0.2) is 0 Å². The Kier molecular flexibility index (Phi) is 4.55. The minimum atomic E-state index is 0.795. The highest BCUT2D eigenvalue weighted by molar-refractivity contribution is 5.14. The maximum Gasteiger partial charge on any atom is 0.00700 e. The highest BCUT2D eigenvalue weighted by atomic mass is 14.9. The molecular formula is C18H27N. The van der Waals surface area contributed by atoms with Gasteiger partial charge in [-0.1, -0.05) is 56.0 Å². The normalized spacial score (nSPS) is 30.8. The molecule has 3 unspecified atom stereocenters. The summed E-state index contributed by atoms with van der Waals surface area (Å²) in [6.45, 7) is 1.14. The van der Waals surface area contributed by atoms with Crippen molar-refractivity contribution >= 4 is 0 Å². The van der Waals surface area contributed by atoms with Crippen LogP contribution < -0.4 is 5.32 Å². The van der Waals surface area contributed by atoms with E-state index in [9.17, 15) is 0 Å². The van der Waals surface area contributed by atoms with Gasteiger partial charge in [-0.25, -0.2) is 0 Å². The summed E-state index contributed by atoms with van der Waals surface area (Å²) in [7, 11) is 0. The van der Waals surface area contributed by atoms with Crippen molar-refractivity contribution in [3.8, 4) is 0 Å². The van der Waals surface area contributed by atoms with Gasteiger partial charge in [-0.05, 0) is 49.6 Å². The van der Waals surface area contributed by atoms with Crippen LogP contribution in [0.15, 0.2) is 30.3 Å². The van der Waals surface area contributed by atoms with Gasteiger partial charge in [0.25, 0.3) is 0 Å². The molecule has 2 aliphatic carbocycles. The summed E-state index contributed by atoms with van der Waals surface area (Å²) in [4.78, 5) is 0. The lowest BCUT2D eigenvalue weighted by Crippen LogP contribution is -2.39. The van der Waals surface area contributed by atoms with E-state index in [1.807, 2.05) is 0 Å². The monoisotopic (exact) mass is 257 g/mol. The fourth-order valence-electron chi connectivity index (χ4n) is 4.12. The third kappa shape index (κ3) is 3.60. The van der Waals surface area contributed by atoms with Gasteiger partial charge in [0.1, 0.15) is 0 Å². The molecular weight excluding hydrogens is 230 g/mol. The quantitative estimate of drug-likeness (QED) is 0.853. The topological polar surface area (TPSA) is 12.0 Å². The third-order valence-electron chi connectivity index (χ3n) is 5.23. The van der Waals surface area contributed by atoms with E-state index in [1.54, 1.807) is 0 Å². The van der Waals surface area contributed by atoms with Gasteiger partial charge in [-0.15, -0.1) is 0 Å². The molecule has 0 amide bonds. The molecule has 2 aliphatic rings. The minimum Gasteiger partial charge on any atom is -0.314 e. The molecule has 0 saturated heterocycles. The van der Waals surface area contributed by atoms with Crippen LogP contribution in [0.4, 0.5) is 0 Å². The standard InChI is InChI=1S/C18H27N/c1-2-6-15(7-3-1)12-13-19-18-11-10-16-8-4-5-9-17(16)14-18/h1-3,6-7,16-19H,4-5,8-14H2. The molecule has 3 atom stereocenters. The van der Waals surface area contributed by atoms with Crippen LogP contribution in [0.3, 0.4) is 0 Å². The van der Waals surface area contributed by atoms with Crippen LogP contribution >= 0.6 is 0 Å². The van der Waals surface area contributed by atoms with E-state index >= 15 is 0 Å². The zero-order chi connectivity index (χ0) is 12.9. The second-order valence-corrected chi connectivity index (χ2v) is 6.50. The van der Waals surface area contributed by atoms with Crippen molar-refractivity contribution in [1.29, 1.82) is 0 Å². The van der Waals surface area contributed by atoms with E-state index in [-0.39, 0.29) is 0 Å². The van der Waals surface area contributed by atoms with Gasteiger partial charge >= 0.3 is 0 Å². The Morgan fingerprint density at radius 2 is 1.68 bits per heavy atom. The van der Waals surface area contributed by atoms with E-state index < -0.39 is 0 Å². The second kappa shape index (κ2) is 6.56. The predicted octanol–water partition coefficient (Wildman–Crippen LogP) is 4.18. The lowest BCUT2D eigenvalue weighted by Gasteiger charge is -2.39. The number of nitrogens with one attached hydrogen (secondary N) is 1. The molecule has 1 N–H and O–H groups in total. The number of benzene rings is 1. The maximum absolute atomic E-state index is 3.80. The molecule has 1 heteroatoms. The highest BCUT2D eigenvalue weighted by Gasteiger charge is 2.31. The van der Waals surface area contributed by atoms with Gasteiger partial charge in [-0.2, -0.15) is 0 Å². The first-order valence-corrected chi connectivity index (χ1v) is 8.19. The third-order valence-corrected chi connectivity index (χ3v) is 5.23. The molecule has 0 aliphatic heterocycles. The van der Waals surface area contributed by atoms with Crippen molar-refractivity contribution in [3.05, 3.63) is 35.9 Å². The minimum absolute atomic E-state index is 0.795. The molecule has 0 bridgehead atoms. The zero-order valence-electron chi connectivity index (χ0n) is 12.0. The molecule has 1 aromatic carbocycles. The van der Waals surface area contributed by atoms with Crippen molar-refractivity contribution in [2.24, 2.45) is 11.8 Å². The number of fused-ring (bicyclic) bond motifs is 1. The second-order valence-electron chi connectivity index (χ2n) is 6.50. The zero-order valence-corrected chi connectivity index (χ0v) is 12.0. The van der Waals surface area contributed by atoms with E-state index in [2.05, 4.69) is 35.6 Å².